The minimum absolute atomic E-state index is 0.0141. The second-order valence-electron chi connectivity index (χ2n) is 6.78. The number of nitrogens with zero attached hydrogens (tertiary/aromatic N) is 1. The summed E-state index contributed by atoms with van der Waals surface area (Å²) in [5.41, 5.74) is 0.248. The summed E-state index contributed by atoms with van der Waals surface area (Å²) in [7, 11) is 0. The number of nitrogens with one attached hydrogen (secondary N) is 3. The molecule has 1 fully saturated rings. The van der Waals surface area contributed by atoms with E-state index in [-0.39, 0.29) is 35.9 Å². The molecule has 0 radical (unpaired) electrons. The lowest BCUT2D eigenvalue weighted by Gasteiger charge is -2.31. The highest BCUT2D eigenvalue weighted by Gasteiger charge is 2.25. The SMILES string of the molecule is C[C@@H](NC(=O)Cc1cc2c(F)cccc2[nH]c1=O)C1CCC(C#N)CN1. The molecule has 1 aliphatic rings. The van der Waals surface area contributed by atoms with Crippen molar-refractivity contribution in [2.75, 3.05) is 6.54 Å². The van der Waals surface area contributed by atoms with Gasteiger partial charge in [-0.05, 0) is 38.0 Å². The average Bonchev–Trinajstić information content (AvgIpc) is 2.63. The number of carbonyl (C=O) groups is 1. The van der Waals surface area contributed by atoms with Gasteiger partial charge in [0, 0.05) is 29.6 Å². The summed E-state index contributed by atoms with van der Waals surface area (Å²) in [6.45, 7) is 2.51. The third-order valence-corrected chi connectivity index (χ3v) is 4.89. The van der Waals surface area contributed by atoms with Crippen LogP contribution in [-0.4, -0.2) is 29.5 Å². The first-order valence-corrected chi connectivity index (χ1v) is 8.70. The minimum Gasteiger partial charge on any atom is -0.352 e. The number of hydrogen-bond acceptors (Lipinski definition) is 4. The Hall–Kier alpha value is -2.72. The molecule has 2 heterocycles. The first-order valence-electron chi connectivity index (χ1n) is 8.70. The molecule has 1 aromatic heterocycles. The van der Waals surface area contributed by atoms with E-state index in [9.17, 15) is 14.0 Å². The fourth-order valence-corrected chi connectivity index (χ4v) is 3.36. The van der Waals surface area contributed by atoms with Gasteiger partial charge in [0.1, 0.15) is 5.82 Å². The van der Waals surface area contributed by atoms with Gasteiger partial charge in [0.2, 0.25) is 5.91 Å². The number of H-pyrrole nitrogens is 1. The van der Waals surface area contributed by atoms with Crippen LogP contribution in [0.1, 0.15) is 25.3 Å². The zero-order valence-electron chi connectivity index (χ0n) is 14.5. The Morgan fingerprint density at radius 2 is 2.27 bits per heavy atom. The Morgan fingerprint density at radius 1 is 1.46 bits per heavy atom. The topological polar surface area (TPSA) is 97.8 Å². The molecule has 0 spiro atoms. The molecule has 1 aromatic carbocycles. The van der Waals surface area contributed by atoms with Crippen molar-refractivity contribution in [2.45, 2.75) is 38.3 Å². The highest BCUT2D eigenvalue weighted by molar-refractivity contribution is 5.83. The van der Waals surface area contributed by atoms with Crippen LogP contribution in [0.4, 0.5) is 4.39 Å². The lowest BCUT2D eigenvalue weighted by Crippen LogP contribution is -2.52. The van der Waals surface area contributed by atoms with Gasteiger partial charge in [-0.15, -0.1) is 0 Å². The molecule has 0 bridgehead atoms. The van der Waals surface area contributed by atoms with Crippen molar-refractivity contribution in [3.63, 3.8) is 0 Å². The summed E-state index contributed by atoms with van der Waals surface area (Å²) >= 11 is 0. The standard InChI is InChI=1S/C19H21FN4O2/c1-11(16-6-5-12(9-21)10-22-16)23-18(25)8-13-7-14-15(20)3-2-4-17(14)24-19(13)26/h2-4,7,11-12,16,22H,5-6,8,10H2,1H3,(H,23,25)(H,24,26)/t11-,12?,16?/m1/s1. The molecular formula is C19H21FN4O2. The van der Waals surface area contributed by atoms with Crippen molar-refractivity contribution < 1.29 is 9.18 Å². The van der Waals surface area contributed by atoms with Gasteiger partial charge < -0.3 is 15.6 Å². The van der Waals surface area contributed by atoms with Crippen LogP contribution in [0.3, 0.4) is 0 Å². The van der Waals surface area contributed by atoms with E-state index in [0.717, 1.165) is 12.8 Å². The smallest absolute Gasteiger partial charge is 0.252 e. The maximum absolute atomic E-state index is 13.9. The van der Waals surface area contributed by atoms with Gasteiger partial charge in [-0.1, -0.05) is 6.07 Å². The van der Waals surface area contributed by atoms with E-state index in [1.807, 2.05) is 6.92 Å². The molecule has 3 atom stereocenters. The first kappa shape index (κ1) is 18.1. The van der Waals surface area contributed by atoms with Crippen molar-refractivity contribution in [3.8, 4) is 6.07 Å². The minimum atomic E-state index is -0.438. The summed E-state index contributed by atoms with van der Waals surface area (Å²) in [5, 5.41) is 15.4. The molecule has 0 saturated carbocycles. The molecule has 7 heteroatoms. The van der Waals surface area contributed by atoms with Gasteiger partial charge in [0.25, 0.3) is 5.56 Å². The largest absolute Gasteiger partial charge is 0.352 e. The number of carbonyl (C=O) groups excluding carboxylic acids is 1. The van der Waals surface area contributed by atoms with E-state index in [2.05, 4.69) is 21.7 Å². The lowest BCUT2D eigenvalue weighted by atomic mass is 9.92. The quantitative estimate of drug-likeness (QED) is 0.775. The summed E-state index contributed by atoms with van der Waals surface area (Å²) in [6, 6.07) is 8.10. The van der Waals surface area contributed by atoms with Crippen LogP contribution in [0, 0.1) is 23.1 Å². The molecule has 136 valence electrons. The van der Waals surface area contributed by atoms with Gasteiger partial charge in [-0.3, -0.25) is 9.59 Å². The molecule has 2 aromatic rings. The first-order chi connectivity index (χ1) is 12.5. The van der Waals surface area contributed by atoms with Crippen LogP contribution in [0.5, 0.6) is 0 Å². The van der Waals surface area contributed by atoms with Gasteiger partial charge >= 0.3 is 0 Å². The van der Waals surface area contributed by atoms with Crippen molar-refractivity contribution >= 4 is 16.8 Å². The number of amides is 1. The van der Waals surface area contributed by atoms with Crippen LogP contribution in [0.15, 0.2) is 29.1 Å². The number of hydrogen-bond donors (Lipinski definition) is 3. The number of nitriles is 1. The van der Waals surface area contributed by atoms with E-state index in [0.29, 0.717) is 17.4 Å². The van der Waals surface area contributed by atoms with Gasteiger partial charge in [0.05, 0.1) is 23.9 Å². The van der Waals surface area contributed by atoms with Crippen molar-refractivity contribution in [2.24, 2.45) is 5.92 Å². The zero-order valence-corrected chi connectivity index (χ0v) is 14.5. The summed E-state index contributed by atoms with van der Waals surface area (Å²) in [6.07, 6.45) is 1.50. The fraction of sp³-hybridized carbons (Fsp3) is 0.421. The van der Waals surface area contributed by atoms with Crippen LogP contribution >= 0.6 is 0 Å². The third-order valence-electron chi connectivity index (χ3n) is 4.89. The molecule has 26 heavy (non-hydrogen) atoms. The highest BCUT2D eigenvalue weighted by atomic mass is 19.1. The number of pyridine rings is 1. The maximum atomic E-state index is 13.9. The van der Waals surface area contributed by atoms with Crippen LogP contribution in [0.2, 0.25) is 0 Å². The second kappa shape index (κ2) is 7.67. The number of halogens is 1. The number of fused-ring (bicyclic) bond motifs is 1. The average molecular weight is 356 g/mol. The number of piperidine rings is 1. The Morgan fingerprint density at radius 3 is 2.96 bits per heavy atom. The number of aromatic amines is 1. The van der Waals surface area contributed by atoms with Gasteiger partial charge in [-0.2, -0.15) is 5.26 Å². The van der Waals surface area contributed by atoms with E-state index in [1.54, 1.807) is 6.07 Å². The summed E-state index contributed by atoms with van der Waals surface area (Å²) in [4.78, 5) is 27.1. The van der Waals surface area contributed by atoms with E-state index >= 15 is 0 Å². The lowest BCUT2D eigenvalue weighted by molar-refractivity contribution is -0.121. The Bertz CT molecular complexity index is 910. The van der Waals surface area contributed by atoms with Crippen molar-refractivity contribution in [1.82, 2.24) is 15.6 Å². The zero-order chi connectivity index (χ0) is 18.7. The fourth-order valence-electron chi connectivity index (χ4n) is 3.36. The molecule has 0 aliphatic carbocycles. The molecule has 6 nitrogen and oxygen atoms in total. The van der Waals surface area contributed by atoms with E-state index in [1.165, 1.54) is 18.2 Å². The molecule has 1 aliphatic heterocycles. The third kappa shape index (κ3) is 3.92. The maximum Gasteiger partial charge on any atom is 0.252 e. The molecule has 2 unspecified atom stereocenters. The van der Waals surface area contributed by atoms with Gasteiger partial charge in [0.15, 0.2) is 0 Å². The summed E-state index contributed by atoms with van der Waals surface area (Å²) < 4.78 is 13.9. The predicted octanol–water partition coefficient (Wildman–Crippen LogP) is 1.61. The normalized spacial score (nSPS) is 21.1. The Kier molecular flexibility index (Phi) is 5.33. The van der Waals surface area contributed by atoms with Crippen LogP contribution in [0.25, 0.3) is 10.9 Å². The van der Waals surface area contributed by atoms with Crippen molar-refractivity contribution in [1.29, 1.82) is 5.26 Å². The van der Waals surface area contributed by atoms with Crippen LogP contribution < -0.4 is 16.2 Å². The van der Waals surface area contributed by atoms with Crippen LogP contribution in [-0.2, 0) is 11.2 Å². The monoisotopic (exact) mass is 356 g/mol. The van der Waals surface area contributed by atoms with E-state index in [4.69, 9.17) is 5.26 Å². The van der Waals surface area contributed by atoms with E-state index < -0.39 is 11.4 Å². The summed E-state index contributed by atoms with van der Waals surface area (Å²) in [5.74, 6) is -0.713. The molecule has 3 N–H and O–H groups in total. The highest BCUT2D eigenvalue weighted by Crippen LogP contribution is 2.17. The number of benzene rings is 1. The second-order valence-corrected chi connectivity index (χ2v) is 6.78. The number of aromatic nitrogens is 1. The number of rotatable bonds is 4. The Labute approximate surface area is 150 Å². The molecular weight excluding hydrogens is 335 g/mol. The van der Waals surface area contributed by atoms with Crippen molar-refractivity contribution in [3.05, 3.63) is 46.0 Å². The Balaban J connectivity index is 1.66. The molecule has 1 amide bonds. The molecule has 3 rings (SSSR count). The van der Waals surface area contributed by atoms with Gasteiger partial charge in [-0.25, -0.2) is 4.39 Å². The predicted molar refractivity (Wildman–Crippen MR) is 96.0 cm³/mol. The molecule has 1 saturated heterocycles.